The molecule has 1 rings (SSSR count). The number of rotatable bonds is 6. The second kappa shape index (κ2) is 9.12. The summed E-state index contributed by atoms with van der Waals surface area (Å²) in [4.78, 5) is 20.3. The molecule has 0 aliphatic heterocycles. The van der Waals surface area contributed by atoms with E-state index in [0.717, 1.165) is 18.6 Å². The summed E-state index contributed by atoms with van der Waals surface area (Å²) in [5.74, 6) is -3.31. The van der Waals surface area contributed by atoms with E-state index in [2.05, 4.69) is 11.3 Å². The van der Waals surface area contributed by atoms with Crippen LogP contribution < -0.4 is 11.5 Å². The highest BCUT2D eigenvalue weighted by Crippen LogP contribution is 2.06. The molecular weight excluding hydrogens is 252 g/mol. The van der Waals surface area contributed by atoms with E-state index in [-0.39, 0.29) is 17.7 Å². The molecule has 0 fully saturated rings. The number of aromatic carboxylic acids is 2. The Morgan fingerprint density at radius 3 is 1.89 bits per heavy atom. The topological polar surface area (TPSA) is 140 Å². The van der Waals surface area contributed by atoms with Gasteiger partial charge in [0.15, 0.2) is 0 Å². The van der Waals surface area contributed by atoms with Crippen molar-refractivity contribution in [3.63, 3.8) is 0 Å². The minimum Gasteiger partial charge on any atom is -0.475 e. The van der Waals surface area contributed by atoms with Crippen LogP contribution in [0.25, 0.3) is 0 Å². The average molecular weight is 272 g/mol. The molecule has 0 saturated heterocycles. The molecule has 0 bridgehead atoms. The molecule has 0 radical (unpaired) electrons. The van der Waals surface area contributed by atoms with Gasteiger partial charge in [0, 0.05) is 0 Å². The van der Waals surface area contributed by atoms with Gasteiger partial charge in [-0.15, -0.1) is 0 Å². The second-order valence-electron chi connectivity index (χ2n) is 3.93. The van der Waals surface area contributed by atoms with Crippen molar-refractivity contribution in [3.05, 3.63) is 23.7 Å². The van der Waals surface area contributed by atoms with E-state index in [1.165, 1.54) is 19.3 Å². The Hall–Kier alpha value is -1.86. The van der Waals surface area contributed by atoms with Crippen LogP contribution in [0.5, 0.6) is 0 Å². The molecular formula is C12H20N2O5. The van der Waals surface area contributed by atoms with E-state index in [1.807, 2.05) is 0 Å². The Balaban J connectivity index is 0.000000362. The van der Waals surface area contributed by atoms with Crippen LogP contribution in [0, 0.1) is 0 Å². The zero-order valence-electron chi connectivity index (χ0n) is 10.8. The SMILES string of the molecule is CCCCCC(N)N.O=C(O)c1ccc(C(=O)O)o1. The molecule has 0 saturated carbocycles. The molecule has 1 heterocycles. The average Bonchev–Trinajstić information content (AvgIpc) is 2.79. The Morgan fingerprint density at radius 1 is 1.16 bits per heavy atom. The number of furan rings is 1. The van der Waals surface area contributed by atoms with Gasteiger partial charge in [-0.2, -0.15) is 0 Å². The fraction of sp³-hybridized carbons (Fsp3) is 0.500. The predicted octanol–water partition coefficient (Wildman–Crippen LogP) is 1.49. The zero-order valence-corrected chi connectivity index (χ0v) is 10.8. The van der Waals surface area contributed by atoms with Crippen LogP contribution in [-0.2, 0) is 0 Å². The molecule has 6 N–H and O–H groups in total. The van der Waals surface area contributed by atoms with Crippen LogP contribution in [0.3, 0.4) is 0 Å². The smallest absolute Gasteiger partial charge is 0.371 e. The summed E-state index contributed by atoms with van der Waals surface area (Å²) in [7, 11) is 0. The number of hydrogen-bond donors (Lipinski definition) is 4. The van der Waals surface area contributed by atoms with Gasteiger partial charge in [0.05, 0.1) is 6.17 Å². The third-order valence-corrected chi connectivity index (χ3v) is 2.17. The lowest BCUT2D eigenvalue weighted by molar-refractivity contribution is 0.0631. The van der Waals surface area contributed by atoms with Crippen LogP contribution in [-0.4, -0.2) is 28.3 Å². The first-order valence-electron chi connectivity index (χ1n) is 5.96. The van der Waals surface area contributed by atoms with Gasteiger partial charge in [0.25, 0.3) is 0 Å². The van der Waals surface area contributed by atoms with Gasteiger partial charge >= 0.3 is 11.9 Å². The van der Waals surface area contributed by atoms with Crippen molar-refractivity contribution >= 4 is 11.9 Å². The maximum absolute atomic E-state index is 10.2. The summed E-state index contributed by atoms with van der Waals surface area (Å²) in [5.41, 5.74) is 10.6. The van der Waals surface area contributed by atoms with Crippen LogP contribution in [0.4, 0.5) is 0 Å². The highest BCUT2D eigenvalue weighted by Gasteiger charge is 2.12. The first-order valence-corrected chi connectivity index (χ1v) is 5.96. The molecule has 0 atom stereocenters. The maximum Gasteiger partial charge on any atom is 0.371 e. The lowest BCUT2D eigenvalue weighted by atomic mass is 10.2. The highest BCUT2D eigenvalue weighted by atomic mass is 16.4. The van der Waals surface area contributed by atoms with Gasteiger partial charge in [-0.1, -0.05) is 26.2 Å². The molecule has 1 aromatic rings. The minimum absolute atomic E-state index is 0.0958. The summed E-state index contributed by atoms with van der Waals surface area (Å²) in [6, 6.07) is 2.18. The molecule has 0 spiro atoms. The van der Waals surface area contributed by atoms with Crippen molar-refractivity contribution in [2.75, 3.05) is 0 Å². The fourth-order valence-electron chi connectivity index (χ4n) is 1.20. The first-order chi connectivity index (χ1) is 8.88. The summed E-state index contributed by atoms with van der Waals surface area (Å²) in [5, 5.41) is 16.6. The lowest BCUT2D eigenvalue weighted by Crippen LogP contribution is -2.29. The third-order valence-electron chi connectivity index (χ3n) is 2.17. The van der Waals surface area contributed by atoms with Crippen molar-refractivity contribution < 1.29 is 24.2 Å². The highest BCUT2D eigenvalue weighted by molar-refractivity contribution is 5.88. The monoisotopic (exact) mass is 272 g/mol. The number of carbonyl (C=O) groups is 2. The van der Waals surface area contributed by atoms with Crippen molar-refractivity contribution in [1.29, 1.82) is 0 Å². The van der Waals surface area contributed by atoms with Gasteiger partial charge in [0.1, 0.15) is 0 Å². The number of nitrogens with two attached hydrogens (primary N) is 2. The van der Waals surface area contributed by atoms with Crippen LogP contribution in [0.15, 0.2) is 16.5 Å². The molecule has 1 aromatic heterocycles. The molecule has 19 heavy (non-hydrogen) atoms. The predicted molar refractivity (Wildman–Crippen MR) is 68.9 cm³/mol. The molecule has 0 aliphatic carbocycles. The number of carboxylic acids is 2. The van der Waals surface area contributed by atoms with Crippen LogP contribution in [0.1, 0.15) is 53.7 Å². The maximum atomic E-state index is 10.2. The first kappa shape index (κ1) is 17.1. The summed E-state index contributed by atoms with van der Waals surface area (Å²) in [6.45, 7) is 2.17. The van der Waals surface area contributed by atoms with Crippen molar-refractivity contribution in [3.8, 4) is 0 Å². The molecule has 0 aliphatic rings. The molecule has 0 unspecified atom stereocenters. The van der Waals surface area contributed by atoms with E-state index in [1.54, 1.807) is 0 Å². The summed E-state index contributed by atoms with van der Waals surface area (Å²) in [6.07, 6.45) is 4.54. The summed E-state index contributed by atoms with van der Waals surface area (Å²) >= 11 is 0. The Bertz CT molecular complexity index is 372. The third kappa shape index (κ3) is 7.96. The van der Waals surface area contributed by atoms with E-state index < -0.39 is 11.9 Å². The van der Waals surface area contributed by atoms with Crippen molar-refractivity contribution in [2.45, 2.75) is 38.8 Å². The quantitative estimate of drug-likeness (QED) is 0.454. The molecule has 0 aromatic carbocycles. The fourth-order valence-corrected chi connectivity index (χ4v) is 1.20. The van der Waals surface area contributed by atoms with Gasteiger partial charge in [-0.25, -0.2) is 9.59 Å². The number of hydrogen-bond acceptors (Lipinski definition) is 5. The Kier molecular flexibility index (Phi) is 8.23. The Morgan fingerprint density at radius 2 is 1.63 bits per heavy atom. The number of carboxylic acid groups (broad SMARTS) is 2. The van der Waals surface area contributed by atoms with E-state index in [4.69, 9.17) is 21.7 Å². The summed E-state index contributed by atoms with van der Waals surface area (Å²) < 4.78 is 4.41. The Labute approximate surface area is 111 Å². The van der Waals surface area contributed by atoms with Gasteiger partial charge in [0.2, 0.25) is 11.5 Å². The normalized spacial score (nSPS) is 9.89. The largest absolute Gasteiger partial charge is 0.475 e. The van der Waals surface area contributed by atoms with Gasteiger partial charge < -0.3 is 26.1 Å². The molecule has 0 amide bonds. The number of unbranched alkanes of at least 4 members (excludes halogenated alkanes) is 2. The minimum atomic E-state index is -1.28. The zero-order chi connectivity index (χ0) is 14.8. The lowest BCUT2D eigenvalue weighted by Gasteiger charge is -2.01. The van der Waals surface area contributed by atoms with Crippen LogP contribution >= 0.6 is 0 Å². The van der Waals surface area contributed by atoms with E-state index in [0.29, 0.717) is 0 Å². The van der Waals surface area contributed by atoms with E-state index in [9.17, 15) is 9.59 Å². The molecule has 108 valence electrons. The van der Waals surface area contributed by atoms with Crippen LogP contribution in [0.2, 0.25) is 0 Å². The van der Waals surface area contributed by atoms with Gasteiger partial charge in [-0.05, 0) is 18.6 Å². The van der Waals surface area contributed by atoms with Crippen molar-refractivity contribution in [1.82, 2.24) is 0 Å². The second-order valence-corrected chi connectivity index (χ2v) is 3.93. The standard InChI is InChI=1S/C6H16N2.C6H4O5/c1-2-3-4-5-6(7)8;7-5(8)3-1-2-4(11-3)6(9)10/h6H,2-5,7-8H2,1H3;1-2H,(H,7,8)(H,9,10). The van der Waals surface area contributed by atoms with Crippen molar-refractivity contribution in [2.24, 2.45) is 11.5 Å². The molecule has 7 nitrogen and oxygen atoms in total. The van der Waals surface area contributed by atoms with E-state index >= 15 is 0 Å². The van der Waals surface area contributed by atoms with Gasteiger partial charge in [-0.3, -0.25) is 0 Å². The molecule has 7 heteroatoms.